The Hall–Kier alpha value is -0.610. The second kappa shape index (κ2) is 5.32. The minimum Gasteiger partial charge on any atom is -0.348 e. The molecule has 0 radical (unpaired) electrons. The molecule has 1 aromatic rings. The fourth-order valence-corrected chi connectivity index (χ4v) is 2.42. The zero-order valence-corrected chi connectivity index (χ0v) is 9.97. The lowest BCUT2D eigenvalue weighted by Crippen LogP contribution is -2.30. The van der Waals surface area contributed by atoms with Crippen LogP contribution in [0.4, 0.5) is 5.13 Å². The standard InChI is InChI=1S/C10H19N3S/c1-4-9(5-2)13(3)10-12-8(6-11)7-14-10/h7,9H,4-6,11H2,1-3H3. The highest BCUT2D eigenvalue weighted by Gasteiger charge is 2.13. The SMILES string of the molecule is CCC(CC)N(C)c1nc(CN)cs1. The van der Waals surface area contributed by atoms with Crippen molar-refractivity contribution in [1.82, 2.24) is 4.98 Å². The fourth-order valence-electron chi connectivity index (χ4n) is 1.54. The summed E-state index contributed by atoms with van der Waals surface area (Å²) in [4.78, 5) is 6.72. The first kappa shape index (κ1) is 11.5. The van der Waals surface area contributed by atoms with E-state index in [1.54, 1.807) is 11.3 Å². The monoisotopic (exact) mass is 213 g/mol. The first-order valence-electron chi connectivity index (χ1n) is 5.10. The number of hydrogen-bond donors (Lipinski definition) is 1. The van der Waals surface area contributed by atoms with Crippen molar-refractivity contribution in [3.8, 4) is 0 Å². The second-order valence-corrected chi connectivity index (χ2v) is 4.24. The molecule has 1 rings (SSSR count). The molecule has 0 aliphatic heterocycles. The van der Waals surface area contributed by atoms with Gasteiger partial charge in [-0.15, -0.1) is 11.3 Å². The Kier molecular flexibility index (Phi) is 4.35. The van der Waals surface area contributed by atoms with Crippen LogP contribution in [0.3, 0.4) is 0 Å². The minimum absolute atomic E-state index is 0.535. The molecule has 0 saturated heterocycles. The van der Waals surface area contributed by atoms with E-state index < -0.39 is 0 Å². The van der Waals surface area contributed by atoms with Crippen LogP contribution in [0.5, 0.6) is 0 Å². The van der Waals surface area contributed by atoms with Gasteiger partial charge in [0.25, 0.3) is 0 Å². The van der Waals surface area contributed by atoms with Gasteiger partial charge in [0.2, 0.25) is 0 Å². The van der Waals surface area contributed by atoms with Crippen LogP contribution >= 0.6 is 11.3 Å². The molecule has 2 N–H and O–H groups in total. The van der Waals surface area contributed by atoms with E-state index >= 15 is 0 Å². The number of aromatic nitrogens is 1. The van der Waals surface area contributed by atoms with Gasteiger partial charge in [0, 0.05) is 25.0 Å². The maximum Gasteiger partial charge on any atom is 0.185 e. The van der Waals surface area contributed by atoms with Crippen molar-refractivity contribution in [2.24, 2.45) is 5.73 Å². The van der Waals surface area contributed by atoms with E-state index in [0.29, 0.717) is 12.6 Å². The van der Waals surface area contributed by atoms with Gasteiger partial charge in [0.15, 0.2) is 5.13 Å². The quantitative estimate of drug-likeness (QED) is 0.815. The van der Waals surface area contributed by atoms with E-state index in [0.717, 1.165) is 23.7 Å². The van der Waals surface area contributed by atoms with Crippen molar-refractivity contribution >= 4 is 16.5 Å². The zero-order valence-electron chi connectivity index (χ0n) is 9.16. The predicted molar refractivity (Wildman–Crippen MR) is 62.8 cm³/mol. The van der Waals surface area contributed by atoms with Crippen molar-refractivity contribution in [3.63, 3.8) is 0 Å². The number of nitrogens with zero attached hydrogens (tertiary/aromatic N) is 2. The van der Waals surface area contributed by atoms with Crippen molar-refractivity contribution in [1.29, 1.82) is 0 Å². The van der Waals surface area contributed by atoms with Crippen LogP contribution in [0.1, 0.15) is 32.4 Å². The van der Waals surface area contributed by atoms with Crippen LogP contribution in [0.15, 0.2) is 5.38 Å². The molecule has 14 heavy (non-hydrogen) atoms. The normalized spacial score (nSPS) is 10.9. The van der Waals surface area contributed by atoms with E-state index in [2.05, 4.69) is 30.8 Å². The fraction of sp³-hybridized carbons (Fsp3) is 0.700. The van der Waals surface area contributed by atoms with Crippen molar-refractivity contribution < 1.29 is 0 Å². The Balaban J connectivity index is 2.72. The molecule has 0 amide bonds. The lowest BCUT2D eigenvalue weighted by Gasteiger charge is -2.25. The second-order valence-electron chi connectivity index (χ2n) is 3.41. The molecule has 0 saturated carbocycles. The molecule has 0 aromatic carbocycles. The van der Waals surface area contributed by atoms with E-state index in [9.17, 15) is 0 Å². The average Bonchev–Trinajstić information content (AvgIpc) is 2.67. The van der Waals surface area contributed by atoms with Crippen molar-refractivity contribution in [2.45, 2.75) is 39.3 Å². The Labute approximate surface area is 89.9 Å². The molecular weight excluding hydrogens is 194 g/mol. The number of anilines is 1. The molecule has 3 nitrogen and oxygen atoms in total. The molecule has 0 bridgehead atoms. The van der Waals surface area contributed by atoms with Crippen LogP contribution in [0.2, 0.25) is 0 Å². The average molecular weight is 213 g/mol. The summed E-state index contributed by atoms with van der Waals surface area (Å²) in [5, 5.41) is 3.12. The molecule has 0 spiro atoms. The lowest BCUT2D eigenvalue weighted by molar-refractivity contribution is 0.590. The highest BCUT2D eigenvalue weighted by atomic mass is 32.1. The molecule has 0 aliphatic rings. The summed E-state index contributed by atoms with van der Waals surface area (Å²) in [6.45, 7) is 4.96. The highest BCUT2D eigenvalue weighted by molar-refractivity contribution is 7.13. The van der Waals surface area contributed by atoms with Gasteiger partial charge < -0.3 is 10.6 Å². The van der Waals surface area contributed by atoms with Gasteiger partial charge in [-0.3, -0.25) is 0 Å². The molecule has 0 unspecified atom stereocenters. The van der Waals surface area contributed by atoms with Crippen LogP contribution < -0.4 is 10.6 Å². The first-order chi connectivity index (χ1) is 6.72. The van der Waals surface area contributed by atoms with Gasteiger partial charge in [0.1, 0.15) is 0 Å². The van der Waals surface area contributed by atoms with Crippen molar-refractivity contribution in [3.05, 3.63) is 11.1 Å². The van der Waals surface area contributed by atoms with Gasteiger partial charge in [-0.25, -0.2) is 4.98 Å². The number of nitrogens with two attached hydrogens (primary N) is 1. The summed E-state index contributed by atoms with van der Waals surface area (Å²) in [7, 11) is 2.11. The van der Waals surface area contributed by atoms with Crippen LogP contribution in [-0.4, -0.2) is 18.1 Å². The molecular formula is C10H19N3S. The van der Waals surface area contributed by atoms with Gasteiger partial charge in [0.05, 0.1) is 5.69 Å². The third-order valence-corrected chi connectivity index (χ3v) is 3.52. The van der Waals surface area contributed by atoms with Crippen molar-refractivity contribution in [2.75, 3.05) is 11.9 Å². The number of hydrogen-bond acceptors (Lipinski definition) is 4. The van der Waals surface area contributed by atoms with Crippen LogP contribution in [0.25, 0.3) is 0 Å². The first-order valence-corrected chi connectivity index (χ1v) is 5.98. The molecule has 80 valence electrons. The Morgan fingerprint density at radius 1 is 1.50 bits per heavy atom. The van der Waals surface area contributed by atoms with E-state index in [1.165, 1.54) is 0 Å². The van der Waals surface area contributed by atoms with Gasteiger partial charge in [-0.05, 0) is 12.8 Å². The summed E-state index contributed by atoms with van der Waals surface area (Å²) < 4.78 is 0. The largest absolute Gasteiger partial charge is 0.348 e. The smallest absolute Gasteiger partial charge is 0.185 e. The maximum atomic E-state index is 5.53. The predicted octanol–water partition coefficient (Wildman–Crippen LogP) is 2.23. The summed E-state index contributed by atoms with van der Waals surface area (Å²) in [5.74, 6) is 0. The minimum atomic E-state index is 0.535. The lowest BCUT2D eigenvalue weighted by atomic mass is 10.1. The van der Waals surface area contributed by atoms with Crippen LogP contribution in [-0.2, 0) is 6.54 Å². The highest BCUT2D eigenvalue weighted by Crippen LogP contribution is 2.22. The summed E-state index contributed by atoms with van der Waals surface area (Å²) in [6, 6.07) is 0.590. The Morgan fingerprint density at radius 2 is 2.14 bits per heavy atom. The third-order valence-electron chi connectivity index (χ3n) is 2.54. The van der Waals surface area contributed by atoms with Gasteiger partial charge >= 0.3 is 0 Å². The summed E-state index contributed by atoms with van der Waals surface area (Å²) in [5.41, 5.74) is 6.52. The molecule has 1 heterocycles. The van der Waals surface area contributed by atoms with E-state index in [1.807, 2.05) is 5.38 Å². The molecule has 1 aromatic heterocycles. The van der Waals surface area contributed by atoms with E-state index in [-0.39, 0.29) is 0 Å². The third kappa shape index (κ3) is 2.45. The molecule has 4 heteroatoms. The Morgan fingerprint density at radius 3 is 2.57 bits per heavy atom. The van der Waals surface area contributed by atoms with Gasteiger partial charge in [-0.1, -0.05) is 13.8 Å². The zero-order chi connectivity index (χ0) is 10.6. The summed E-state index contributed by atoms with van der Waals surface area (Å²) in [6.07, 6.45) is 2.31. The summed E-state index contributed by atoms with van der Waals surface area (Å²) >= 11 is 1.68. The molecule has 0 atom stereocenters. The molecule has 0 aliphatic carbocycles. The topological polar surface area (TPSA) is 42.2 Å². The van der Waals surface area contributed by atoms with E-state index in [4.69, 9.17) is 5.73 Å². The van der Waals surface area contributed by atoms with Gasteiger partial charge in [-0.2, -0.15) is 0 Å². The maximum absolute atomic E-state index is 5.53. The van der Waals surface area contributed by atoms with Crippen LogP contribution in [0, 0.1) is 0 Å². The molecule has 0 fully saturated rings. The number of rotatable bonds is 5. The Bertz CT molecular complexity index is 268. The number of thiazole rings is 1.